The number of imidazole rings is 1. The number of phenols is 1. The number of nitrogens with zero attached hydrogens (tertiary/aromatic N) is 4. The van der Waals surface area contributed by atoms with Crippen LogP contribution in [0.3, 0.4) is 0 Å². The summed E-state index contributed by atoms with van der Waals surface area (Å²) in [5.74, 6) is 0.833. The van der Waals surface area contributed by atoms with Crippen LogP contribution < -0.4 is 0 Å². The minimum atomic E-state index is -0.0820. The second-order valence-electron chi connectivity index (χ2n) is 10.4. The van der Waals surface area contributed by atoms with E-state index in [4.69, 9.17) is 9.97 Å². The Balaban J connectivity index is 1.62. The number of hydrogen-bond acceptors (Lipinski definition) is 4. The zero-order valence-corrected chi connectivity index (χ0v) is 21.6. The highest BCUT2D eigenvalue weighted by molar-refractivity contribution is 5.94. The van der Waals surface area contributed by atoms with Crippen LogP contribution in [0.5, 0.6) is 5.75 Å². The van der Waals surface area contributed by atoms with Gasteiger partial charge in [-0.05, 0) is 65.1 Å². The Morgan fingerprint density at radius 3 is 2.24 bits per heavy atom. The molecule has 0 bridgehead atoms. The summed E-state index contributed by atoms with van der Waals surface area (Å²) in [7, 11) is 0. The molecule has 0 atom stereocenters. The average Bonchev–Trinajstić information content (AvgIpc) is 3.33. The van der Waals surface area contributed by atoms with Gasteiger partial charge >= 0.3 is 0 Å². The van der Waals surface area contributed by atoms with E-state index >= 15 is 0 Å². The first-order valence-corrected chi connectivity index (χ1v) is 12.7. The number of hydrogen-bond donors (Lipinski definition) is 1. The minimum absolute atomic E-state index is 0.0820. The number of aromatic nitrogens is 4. The van der Waals surface area contributed by atoms with E-state index in [0.717, 1.165) is 44.8 Å². The lowest BCUT2D eigenvalue weighted by molar-refractivity contribution is 0.475. The van der Waals surface area contributed by atoms with Crippen LogP contribution in [0.2, 0.25) is 0 Å². The maximum atomic E-state index is 11.0. The van der Waals surface area contributed by atoms with E-state index in [0.29, 0.717) is 11.4 Å². The van der Waals surface area contributed by atoms with Crippen molar-refractivity contribution in [3.8, 4) is 45.2 Å². The van der Waals surface area contributed by atoms with E-state index < -0.39 is 0 Å². The Morgan fingerprint density at radius 2 is 1.47 bits per heavy atom. The monoisotopic (exact) mass is 496 g/mol. The third-order valence-electron chi connectivity index (χ3n) is 6.80. The van der Waals surface area contributed by atoms with Crippen molar-refractivity contribution in [2.24, 2.45) is 0 Å². The van der Waals surface area contributed by atoms with Crippen LogP contribution in [0.4, 0.5) is 0 Å². The van der Waals surface area contributed by atoms with Crippen molar-refractivity contribution < 1.29 is 5.11 Å². The molecule has 38 heavy (non-hydrogen) atoms. The number of benzene rings is 3. The van der Waals surface area contributed by atoms with Crippen LogP contribution in [0, 0.1) is 0 Å². The standard InChI is InChI=1S/C33H28N4O/c1-33(2,3)24-15-16-29(38)27(21-24)31-36-30-26(17-19-35-32(30)37(31)25-12-5-4-6-13-25)22-10-9-11-23(20-22)28-14-7-8-18-34-28/h4-21,38H,1-3H3. The van der Waals surface area contributed by atoms with Gasteiger partial charge in [0.1, 0.15) is 11.3 Å². The molecule has 6 aromatic rings. The summed E-state index contributed by atoms with van der Waals surface area (Å²) in [5.41, 5.74) is 8.08. The first-order chi connectivity index (χ1) is 18.4. The van der Waals surface area contributed by atoms with Gasteiger partial charge in [-0.2, -0.15) is 0 Å². The van der Waals surface area contributed by atoms with Crippen LogP contribution in [-0.2, 0) is 5.41 Å². The Hall–Kier alpha value is -4.77. The Morgan fingerprint density at radius 1 is 0.684 bits per heavy atom. The van der Waals surface area contributed by atoms with Crippen molar-refractivity contribution >= 4 is 11.2 Å². The van der Waals surface area contributed by atoms with Crippen molar-refractivity contribution in [1.82, 2.24) is 19.5 Å². The Bertz CT molecular complexity index is 1750. The van der Waals surface area contributed by atoms with Crippen LogP contribution in [0.15, 0.2) is 109 Å². The largest absolute Gasteiger partial charge is 0.507 e. The van der Waals surface area contributed by atoms with Gasteiger partial charge in [0.2, 0.25) is 0 Å². The van der Waals surface area contributed by atoms with E-state index in [2.05, 4.69) is 44.0 Å². The fourth-order valence-corrected chi connectivity index (χ4v) is 4.77. The van der Waals surface area contributed by atoms with Gasteiger partial charge in [0.25, 0.3) is 0 Å². The molecule has 0 unspecified atom stereocenters. The van der Waals surface area contributed by atoms with Crippen LogP contribution >= 0.6 is 0 Å². The summed E-state index contributed by atoms with van der Waals surface area (Å²) < 4.78 is 2.03. The first-order valence-electron chi connectivity index (χ1n) is 12.7. The molecule has 0 spiro atoms. The Kier molecular flexibility index (Phi) is 5.76. The number of pyridine rings is 2. The maximum Gasteiger partial charge on any atom is 0.165 e. The first kappa shape index (κ1) is 23.6. The third kappa shape index (κ3) is 4.22. The summed E-state index contributed by atoms with van der Waals surface area (Å²) in [6, 6.07) is 32.1. The third-order valence-corrected chi connectivity index (χ3v) is 6.80. The van der Waals surface area contributed by atoms with Crippen molar-refractivity contribution in [3.63, 3.8) is 0 Å². The smallest absolute Gasteiger partial charge is 0.165 e. The molecule has 186 valence electrons. The van der Waals surface area contributed by atoms with E-state index in [-0.39, 0.29) is 11.2 Å². The number of phenolic OH excluding ortho intramolecular Hbond substituents is 1. The molecule has 3 aromatic heterocycles. The lowest BCUT2D eigenvalue weighted by atomic mass is 9.86. The molecule has 0 aliphatic rings. The van der Waals surface area contributed by atoms with Gasteiger partial charge in [-0.1, -0.05) is 69.3 Å². The van der Waals surface area contributed by atoms with Crippen LogP contribution in [0.1, 0.15) is 26.3 Å². The normalized spacial score (nSPS) is 11.7. The van der Waals surface area contributed by atoms with Crippen molar-refractivity contribution in [1.29, 1.82) is 0 Å². The number of para-hydroxylation sites is 1. The molecular formula is C33H28N4O. The molecule has 0 fully saturated rings. The molecule has 5 nitrogen and oxygen atoms in total. The van der Waals surface area contributed by atoms with Crippen molar-refractivity contribution in [2.75, 3.05) is 0 Å². The number of fused-ring (bicyclic) bond motifs is 1. The van der Waals surface area contributed by atoms with Crippen LogP contribution in [-0.4, -0.2) is 24.6 Å². The fourth-order valence-electron chi connectivity index (χ4n) is 4.77. The summed E-state index contributed by atoms with van der Waals surface area (Å²) in [5, 5.41) is 11.0. The summed E-state index contributed by atoms with van der Waals surface area (Å²) in [6.45, 7) is 6.49. The molecule has 3 aromatic carbocycles. The lowest BCUT2D eigenvalue weighted by Gasteiger charge is -2.20. The summed E-state index contributed by atoms with van der Waals surface area (Å²) >= 11 is 0. The topological polar surface area (TPSA) is 63.8 Å². The second-order valence-corrected chi connectivity index (χ2v) is 10.4. The molecule has 0 saturated heterocycles. The predicted octanol–water partition coefficient (Wildman–Crippen LogP) is 7.82. The van der Waals surface area contributed by atoms with Gasteiger partial charge in [-0.3, -0.25) is 9.55 Å². The zero-order chi connectivity index (χ0) is 26.3. The number of rotatable bonds is 4. The quantitative estimate of drug-likeness (QED) is 0.270. The predicted molar refractivity (Wildman–Crippen MR) is 153 cm³/mol. The molecule has 5 heteroatoms. The molecule has 0 saturated carbocycles. The highest BCUT2D eigenvalue weighted by Crippen LogP contribution is 2.38. The molecule has 3 heterocycles. The van der Waals surface area contributed by atoms with Crippen molar-refractivity contribution in [3.05, 3.63) is 115 Å². The molecule has 0 aliphatic heterocycles. The van der Waals surface area contributed by atoms with Gasteiger partial charge < -0.3 is 5.11 Å². The van der Waals surface area contributed by atoms with Gasteiger partial charge in [0, 0.05) is 29.2 Å². The van der Waals surface area contributed by atoms with E-state index in [9.17, 15) is 5.11 Å². The number of aromatic hydroxyl groups is 1. The van der Waals surface area contributed by atoms with Crippen molar-refractivity contribution in [2.45, 2.75) is 26.2 Å². The maximum absolute atomic E-state index is 11.0. The Labute approximate surface area is 222 Å². The minimum Gasteiger partial charge on any atom is -0.507 e. The molecule has 0 amide bonds. The van der Waals surface area contributed by atoms with Gasteiger partial charge in [-0.25, -0.2) is 9.97 Å². The SMILES string of the molecule is CC(C)(C)c1ccc(O)c(-c2nc3c(-c4cccc(-c5ccccn5)c4)ccnc3n2-c2ccccc2)c1. The fraction of sp³-hybridized carbons (Fsp3) is 0.121. The zero-order valence-electron chi connectivity index (χ0n) is 21.6. The van der Waals surface area contributed by atoms with Crippen LogP contribution in [0.25, 0.3) is 50.6 Å². The van der Waals surface area contributed by atoms with E-state index in [1.807, 2.05) is 83.6 Å². The van der Waals surface area contributed by atoms with Gasteiger partial charge in [-0.15, -0.1) is 0 Å². The highest BCUT2D eigenvalue weighted by atomic mass is 16.3. The van der Waals surface area contributed by atoms with Gasteiger partial charge in [0.15, 0.2) is 11.5 Å². The van der Waals surface area contributed by atoms with E-state index in [1.165, 1.54) is 0 Å². The molecule has 1 N–H and O–H groups in total. The average molecular weight is 497 g/mol. The molecule has 0 aliphatic carbocycles. The van der Waals surface area contributed by atoms with Gasteiger partial charge in [0.05, 0.1) is 11.3 Å². The molecular weight excluding hydrogens is 468 g/mol. The lowest BCUT2D eigenvalue weighted by Crippen LogP contribution is -2.11. The summed E-state index contributed by atoms with van der Waals surface area (Å²) in [4.78, 5) is 14.4. The summed E-state index contributed by atoms with van der Waals surface area (Å²) in [6.07, 6.45) is 3.63. The second kappa shape index (κ2) is 9.27. The molecule has 6 rings (SSSR count). The van der Waals surface area contributed by atoms with E-state index in [1.54, 1.807) is 12.3 Å². The highest BCUT2D eigenvalue weighted by Gasteiger charge is 2.23. The molecule has 0 radical (unpaired) electrons.